The van der Waals surface area contributed by atoms with Crippen LogP contribution in [0.5, 0.6) is 5.75 Å². The van der Waals surface area contributed by atoms with Crippen LogP contribution in [0.15, 0.2) is 83.3 Å². The molecule has 0 aromatic heterocycles. The number of carbonyl (C=O) groups is 2. The second kappa shape index (κ2) is 9.91. The Kier molecular flexibility index (Phi) is 7.03. The molecule has 1 amide bonds. The van der Waals surface area contributed by atoms with Gasteiger partial charge in [0.05, 0.1) is 10.5 Å². The minimum atomic E-state index is -3.85. The molecule has 0 unspecified atom stereocenters. The summed E-state index contributed by atoms with van der Waals surface area (Å²) in [5.74, 6) is -0.852. The van der Waals surface area contributed by atoms with Gasteiger partial charge in [-0.15, -0.1) is 0 Å². The van der Waals surface area contributed by atoms with E-state index in [1.54, 1.807) is 36.4 Å². The van der Waals surface area contributed by atoms with Crippen molar-refractivity contribution >= 4 is 33.7 Å². The summed E-state index contributed by atoms with van der Waals surface area (Å²) in [4.78, 5) is 24.5. The van der Waals surface area contributed by atoms with Gasteiger partial charge < -0.3 is 10.1 Å². The Bertz CT molecular complexity index is 1350. The van der Waals surface area contributed by atoms with E-state index in [-0.39, 0.29) is 10.5 Å². The second-order valence-corrected chi connectivity index (χ2v) is 8.58. The van der Waals surface area contributed by atoms with Crippen molar-refractivity contribution in [3.05, 3.63) is 95.1 Å². The van der Waals surface area contributed by atoms with Gasteiger partial charge in [-0.1, -0.05) is 29.8 Å². The number of aryl methyl sites for hydroxylation is 1. The largest absolute Gasteiger partial charge is 0.423 e. The lowest BCUT2D eigenvalue weighted by Crippen LogP contribution is -2.14. The Morgan fingerprint density at radius 3 is 2.12 bits per heavy atom. The fraction of sp³-hybridized carbons (Fsp3) is 0.0417. The van der Waals surface area contributed by atoms with Crippen molar-refractivity contribution in [2.45, 2.75) is 11.8 Å². The third-order valence-corrected chi connectivity index (χ3v) is 5.42. The molecule has 0 aliphatic rings. The number of benzene rings is 3. The van der Waals surface area contributed by atoms with Crippen LogP contribution in [-0.2, 0) is 14.8 Å². The van der Waals surface area contributed by atoms with Crippen molar-refractivity contribution in [2.75, 3.05) is 5.32 Å². The van der Waals surface area contributed by atoms with Gasteiger partial charge in [0.2, 0.25) is 10.0 Å². The van der Waals surface area contributed by atoms with E-state index in [0.29, 0.717) is 22.6 Å². The normalized spacial score (nSPS) is 11.4. The molecule has 166 valence electrons. The number of nitrogens with zero attached hydrogens (tertiary/aromatic N) is 1. The third kappa shape index (κ3) is 6.36. The Morgan fingerprint density at radius 1 is 0.970 bits per heavy atom. The molecule has 3 N–H and O–H groups in total. The minimum absolute atomic E-state index is 0.0975. The molecule has 0 atom stereocenters. The van der Waals surface area contributed by atoms with E-state index in [1.165, 1.54) is 30.3 Å². The lowest BCUT2D eigenvalue weighted by atomic mass is 10.1. The van der Waals surface area contributed by atoms with Crippen molar-refractivity contribution in [2.24, 2.45) is 5.14 Å². The summed E-state index contributed by atoms with van der Waals surface area (Å²) < 4.78 is 27.9. The summed E-state index contributed by atoms with van der Waals surface area (Å²) in [5.41, 5.74) is 2.12. The maximum absolute atomic E-state index is 12.4. The van der Waals surface area contributed by atoms with Gasteiger partial charge in [-0.25, -0.2) is 18.4 Å². The number of amides is 1. The number of nitrogens with two attached hydrogens (primary N) is 1. The third-order valence-electron chi connectivity index (χ3n) is 4.49. The molecule has 3 rings (SSSR count). The Hall–Kier alpha value is -4.26. The molecule has 0 fully saturated rings. The van der Waals surface area contributed by atoms with Crippen LogP contribution in [0, 0.1) is 18.3 Å². The summed E-state index contributed by atoms with van der Waals surface area (Å²) in [6.45, 7) is 1.92. The van der Waals surface area contributed by atoms with Gasteiger partial charge in [0.25, 0.3) is 5.91 Å². The molecule has 3 aromatic carbocycles. The smallest absolute Gasteiger partial charge is 0.343 e. The fourth-order valence-corrected chi connectivity index (χ4v) is 3.24. The molecule has 0 aliphatic heterocycles. The summed E-state index contributed by atoms with van der Waals surface area (Å²) in [6, 6.07) is 20.3. The number of nitriles is 1. The zero-order valence-electron chi connectivity index (χ0n) is 17.5. The SMILES string of the molecule is Cc1ccc(C(=O)Oc2ccc(/C=C(\C#N)C(=O)Nc3ccc(S(N)(=O)=O)cc3)cc2)cc1. The average molecular weight is 461 g/mol. The van der Waals surface area contributed by atoms with E-state index in [0.717, 1.165) is 5.56 Å². The minimum Gasteiger partial charge on any atom is -0.423 e. The van der Waals surface area contributed by atoms with Gasteiger partial charge in [-0.2, -0.15) is 5.26 Å². The molecule has 3 aromatic rings. The lowest BCUT2D eigenvalue weighted by Gasteiger charge is -2.06. The zero-order valence-corrected chi connectivity index (χ0v) is 18.3. The highest BCUT2D eigenvalue weighted by Gasteiger charge is 2.12. The maximum atomic E-state index is 12.4. The van der Waals surface area contributed by atoms with Crippen LogP contribution in [0.1, 0.15) is 21.5 Å². The van der Waals surface area contributed by atoms with Crippen LogP contribution in [0.4, 0.5) is 5.69 Å². The molecule has 0 bridgehead atoms. The highest BCUT2D eigenvalue weighted by Crippen LogP contribution is 2.18. The monoisotopic (exact) mass is 461 g/mol. The standard InChI is InChI=1S/C24H19N3O5S/c1-16-2-6-18(7-3-16)24(29)32-21-10-4-17(5-11-21)14-19(15-25)23(28)27-20-8-12-22(13-9-20)33(26,30)31/h2-14H,1H3,(H,27,28)(H2,26,30,31)/b19-14+. The topological polar surface area (TPSA) is 139 Å². The quantitative estimate of drug-likeness (QED) is 0.250. The highest BCUT2D eigenvalue weighted by atomic mass is 32.2. The molecule has 8 nitrogen and oxygen atoms in total. The first-order valence-electron chi connectivity index (χ1n) is 9.60. The summed E-state index contributed by atoms with van der Waals surface area (Å²) in [7, 11) is -3.85. The molecule has 0 heterocycles. The molecular weight excluding hydrogens is 442 g/mol. The molecule has 0 spiro atoms. The number of anilines is 1. The molecular formula is C24H19N3O5S. The van der Waals surface area contributed by atoms with Gasteiger partial charge in [0, 0.05) is 5.69 Å². The first kappa shape index (κ1) is 23.4. The molecule has 0 radical (unpaired) electrons. The van der Waals surface area contributed by atoms with Gasteiger partial charge in [-0.05, 0) is 67.1 Å². The Morgan fingerprint density at radius 2 is 1.58 bits per heavy atom. The Labute approximate surface area is 191 Å². The van der Waals surface area contributed by atoms with E-state index in [9.17, 15) is 23.3 Å². The fourth-order valence-electron chi connectivity index (χ4n) is 2.73. The van der Waals surface area contributed by atoms with Crippen molar-refractivity contribution < 1.29 is 22.7 Å². The summed E-state index contributed by atoms with van der Waals surface area (Å²) in [6.07, 6.45) is 1.37. The van der Waals surface area contributed by atoms with Gasteiger partial charge in [0.1, 0.15) is 17.4 Å². The van der Waals surface area contributed by atoms with Crippen molar-refractivity contribution in [3.8, 4) is 11.8 Å². The predicted octanol–water partition coefficient (Wildman–Crippen LogP) is 3.41. The van der Waals surface area contributed by atoms with Gasteiger partial charge >= 0.3 is 5.97 Å². The van der Waals surface area contributed by atoms with E-state index in [1.807, 2.05) is 25.1 Å². The lowest BCUT2D eigenvalue weighted by molar-refractivity contribution is -0.112. The zero-order chi connectivity index (χ0) is 24.0. The first-order chi connectivity index (χ1) is 15.7. The number of primary sulfonamides is 1. The van der Waals surface area contributed by atoms with Crippen LogP contribution in [-0.4, -0.2) is 20.3 Å². The molecule has 33 heavy (non-hydrogen) atoms. The average Bonchev–Trinajstić information content (AvgIpc) is 2.78. The predicted molar refractivity (Wildman–Crippen MR) is 123 cm³/mol. The van der Waals surface area contributed by atoms with E-state index >= 15 is 0 Å². The molecule has 0 aliphatic carbocycles. The van der Waals surface area contributed by atoms with Crippen LogP contribution < -0.4 is 15.2 Å². The van der Waals surface area contributed by atoms with Crippen molar-refractivity contribution in [1.29, 1.82) is 5.26 Å². The highest BCUT2D eigenvalue weighted by molar-refractivity contribution is 7.89. The van der Waals surface area contributed by atoms with Crippen LogP contribution in [0.2, 0.25) is 0 Å². The molecule has 0 saturated carbocycles. The first-order valence-corrected chi connectivity index (χ1v) is 11.2. The van der Waals surface area contributed by atoms with E-state index < -0.39 is 21.9 Å². The summed E-state index contributed by atoms with van der Waals surface area (Å²) >= 11 is 0. The van der Waals surface area contributed by atoms with E-state index in [2.05, 4.69) is 5.32 Å². The van der Waals surface area contributed by atoms with Crippen LogP contribution in [0.3, 0.4) is 0 Å². The number of ether oxygens (including phenoxy) is 1. The number of hydrogen-bond acceptors (Lipinski definition) is 6. The van der Waals surface area contributed by atoms with Gasteiger partial charge in [0.15, 0.2) is 0 Å². The number of hydrogen-bond donors (Lipinski definition) is 2. The maximum Gasteiger partial charge on any atom is 0.343 e. The number of rotatable bonds is 6. The molecule has 9 heteroatoms. The number of carbonyl (C=O) groups excluding carboxylic acids is 2. The second-order valence-electron chi connectivity index (χ2n) is 7.02. The van der Waals surface area contributed by atoms with Crippen LogP contribution >= 0.6 is 0 Å². The molecule has 0 saturated heterocycles. The number of nitrogens with one attached hydrogen (secondary N) is 1. The number of esters is 1. The van der Waals surface area contributed by atoms with Crippen LogP contribution in [0.25, 0.3) is 6.08 Å². The van der Waals surface area contributed by atoms with Crippen molar-refractivity contribution in [1.82, 2.24) is 0 Å². The Balaban J connectivity index is 1.68. The summed E-state index contributed by atoms with van der Waals surface area (Å²) in [5, 5.41) is 16.9. The van der Waals surface area contributed by atoms with Gasteiger partial charge in [-0.3, -0.25) is 4.79 Å². The van der Waals surface area contributed by atoms with E-state index in [4.69, 9.17) is 9.88 Å². The van der Waals surface area contributed by atoms with Crippen molar-refractivity contribution in [3.63, 3.8) is 0 Å². The number of sulfonamides is 1.